The number of nitrogens with two attached hydrogens (primary N) is 1. The average Bonchev–Trinajstić information content (AvgIpc) is 2.67. The fourth-order valence-corrected chi connectivity index (χ4v) is 5.41. The van der Waals surface area contributed by atoms with Crippen LogP contribution in [0.1, 0.15) is 71.3 Å². The highest BCUT2D eigenvalue weighted by Crippen LogP contribution is 2.45. The van der Waals surface area contributed by atoms with E-state index in [0.29, 0.717) is 23.7 Å². The Labute approximate surface area is 190 Å². The molecule has 0 aromatic heterocycles. The molecular formula is C25H42ClN3O. The van der Waals surface area contributed by atoms with Gasteiger partial charge in [0.25, 0.3) is 0 Å². The number of rotatable bonds is 6. The van der Waals surface area contributed by atoms with Crippen molar-refractivity contribution >= 4 is 24.0 Å². The summed E-state index contributed by atoms with van der Waals surface area (Å²) in [7, 11) is 0. The molecule has 1 heterocycles. The average molecular weight is 436 g/mol. The van der Waals surface area contributed by atoms with Gasteiger partial charge in [-0.15, -0.1) is 12.4 Å². The van der Waals surface area contributed by atoms with Crippen LogP contribution in [0.4, 0.5) is 5.69 Å². The first kappa shape index (κ1) is 25.0. The molecule has 1 saturated heterocycles. The zero-order chi connectivity index (χ0) is 21.0. The predicted octanol–water partition coefficient (Wildman–Crippen LogP) is 5.06. The minimum Gasteiger partial charge on any atom is -0.370 e. The SMILES string of the molecule is CC(CC(N)=O)CN1CCN(c2ccccc2C2CCC(C(C)(C)C)CC2)CC1.Cl. The molecule has 0 bridgehead atoms. The Hall–Kier alpha value is -1.26. The molecule has 2 aliphatic rings. The Morgan fingerprint density at radius 1 is 1.07 bits per heavy atom. The van der Waals surface area contributed by atoms with E-state index in [1.165, 1.54) is 31.4 Å². The number of hydrogen-bond acceptors (Lipinski definition) is 3. The van der Waals surface area contributed by atoms with Crippen LogP contribution in [-0.4, -0.2) is 43.5 Å². The van der Waals surface area contributed by atoms with Crippen molar-refractivity contribution in [1.82, 2.24) is 4.90 Å². The summed E-state index contributed by atoms with van der Waals surface area (Å²) >= 11 is 0. The van der Waals surface area contributed by atoms with Gasteiger partial charge in [-0.1, -0.05) is 45.9 Å². The van der Waals surface area contributed by atoms with Crippen molar-refractivity contribution in [3.8, 4) is 0 Å². The molecule has 1 aromatic carbocycles. The first-order valence-corrected chi connectivity index (χ1v) is 11.6. The number of piperazine rings is 1. The van der Waals surface area contributed by atoms with Crippen LogP contribution in [0.5, 0.6) is 0 Å². The first-order chi connectivity index (χ1) is 13.7. The minimum atomic E-state index is -0.189. The molecule has 1 saturated carbocycles. The van der Waals surface area contributed by atoms with E-state index in [-0.39, 0.29) is 18.3 Å². The molecule has 1 aliphatic carbocycles. The maximum absolute atomic E-state index is 11.1. The highest BCUT2D eigenvalue weighted by Gasteiger charge is 2.31. The smallest absolute Gasteiger partial charge is 0.217 e. The highest BCUT2D eigenvalue weighted by atomic mass is 35.5. The highest BCUT2D eigenvalue weighted by molar-refractivity contribution is 5.85. The van der Waals surface area contributed by atoms with E-state index in [4.69, 9.17) is 5.73 Å². The van der Waals surface area contributed by atoms with E-state index >= 15 is 0 Å². The molecule has 1 amide bonds. The van der Waals surface area contributed by atoms with Crippen molar-refractivity contribution in [3.63, 3.8) is 0 Å². The quantitative estimate of drug-likeness (QED) is 0.679. The molecule has 30 heavy (non-hydrogen) atoms. The van der Waals surface area contributed by atoms with Crippen molar-refractivity contribution in [1.29, 1.82) is 0 Å². The van der Waals surface area contributed by atoms with E-state index in [1.807, 2.05) is 0 Å². The Morgan fingerprint density at radius 3 is 2.23 bits per heavy atom. The van der Waals surface area contributed by atoms with E-state index in [2.05, 4.69) is 61.8 Å². The lowest BCUT2D eigenvalue weighted by Crippen LogP contribution is -2.48. The third kappa shape index (κ3) is 6.62. The fraction of sp³-hybridized carbons (Fsp3) is 0.720. The fourth-order valence-electron chi connectivity index (χ4n) is 5.41. The third-order valence-corrected chi connectivity index (χ3v) is 7.16. The number of benzene rings is 1. The second kappa shape index (κ2) is 10.9. The van der Waals surface area contributed by atoms with Crippen molar-refractivity contribution in [2.75, 3.05) is 37.6 Å². The summed E-state index contributed by atoms with van der Waals surface area (Å²) in [6.07, 6.45) is 5.84. The van der Waals surface area contributed by atoms with Gasteiger partial charge in [0.15, 0.2) is 0 Å². The number of carbonyl (C=O) groups excluding carboxylic acids is 1. The van der Waals surface area contributed by atoms with Gasteiger partial charge < -0.3 is 10.6 Å². The number of halogens is 1. The lowest BCUT2D eigenvalue weighted by molar-refractivity contribution is -0.118. The van der Waals surface area contributed by atoms with Crippen molar-refractivity contribution in [2.45, 2.75) is 65.7 Å². The zero-order valence-electron chi connectivity index (χ0n) is 19.4. The van der Waals surface area contributed by atoms with Gasteiger partial charge in [0.1, 0.15) is 0 Å². The van der Waals surface area contributed by atoms with E-state index in [1.54, 1.807) is 5.56 Å². The van der Waals surface area contributed by atoms with Crippen LogP contribution in [0.3, 0.4) is 0 Å². The van der Waals surface area contributed by atoms with Crippen LogP contribution < -0.4 is 10.6 Å². The molecule has 2 fully saturated rings. The maximum Gasteiger partial charge on any atom is 0.217 e. The summed E-state index contributed by atoms with van der Waals surface area (Å²) in [6.45, 7) is 14.6. The molecule has 0 radical (unpaired) electrons. The van der Waals surface area contributed by atoms with Crippen LogP contribution in [0.25, 0.3) is 0 Å². The number of para-hydroxylation sites is 1. The molecule has 3 rings (SSSR count). The Balaban J connectivity index is 0.00000320. The maximum atomic E-state index is 11.1. The van der Waals surface area contributed by atoms with E-state index in [0.717, 1.165) is 38.6 Å². The second-order valence-electron chi connectivity index (χ2n) is 10.5. The number of hydrogen-bond donors (Lipinski definition) is 1. The molecule has 5 heteroatoms. The molecule has 170 valence electrons. The Bertz CT molecular complexity index is 671. The van der Waals surface area contributed by atoms with Gasteiger partial charge >= 0.3 is 0 Å². The molecular weight excluding hydrogens is 394 g/mol. The normalized spacial score (nSPS) is 24.2. The topological polar surface area (TPSA) is 49.6 Å². The number of primary amides is 1. The summed E-state index contributed by atoms with van der Waals surface area (Å²) in [6, 6.07) is 9.12. The monoisotopic (exact) mass is 435 g/mol. The third-order valence-electron chi connectivity index (χ3n) is 7.16. The zero-order valence-corrected chi connectivity index (χ0v) is 20.2. The molecule has 1 atom stereocenters. The van der Waals surface area contributed by atoms with Gasteiger partial charge in [0.05, 0.1) is 0 Å². The Kier molecular flexibility index (Phi) is 9.05. The van der Waals surface area contributed by atoms with Gasteiger partial charge in [-0.2, -0.15) is 0 Å². The van der Waals surface area contributed by atoms with Crippen molar-refractivity contribution in [2.24, 2.45) is 23.0 Å². The number of carbonyl (C=O) groups is 1. The summed E-state index contributed by atoms with van der Waals surface area (Å²) in [5.41, 5.74) is 8.81. The molecule has 2 N–H and O–H groups in total. The number of nitrogens with zero attached hydrogens (tertiary/aromatic N) is 2. The lowest BCUT2D eigenvalue weighted by Gasteiger charge is -2.40. The number of amides is 1. The number of anilines is 1. The molecule has 0 spiro atoms. The van der Waals surface area contributed by atoms with Gasteiger partial charge in [0, 0.05) is 44.8 Å². The van der Waals surface area contributed by atoms with E-state index in [9.17, 15) is 4.79 Å². The minimum absolute atomic E-state index is 0. The van der Waals surface area contributed by atoms with Crippen LogP contribution in [0, 0.1) is 17.3 Å². The van der Waals surface area contributed by atoms with Crippen molar-refractivity contribution < 1.29 is 4.79 Å². The van der Waals surface area contributed by atoms with Crippen LogP contribution >= 0.6 is 12.4 Å². The van der Waals surface area contributed by atoms with E-state index < -0.39 is 0 Å². The van der Waals surface area contributed by atoms with Crippen LogP contribution in [-0.2, 0) is 4.79 Å². The van der Waals surface area contributed by atoms with Gasteiger partial charge in [0.2, 0.25) is 5.91 Å². The second-order valence-corrected chi connectivity index (χ2v) is 10.5. The molecule has 1 unspecified atom stereocenters. The molecule has 1 aliphatic heterocycles. The van der Waals surface area contributed by atoms with Crippen molar-refractivity contribution in [3.05, 3.63) is 29.8 Å². The van der Waals surface area contributed by atoms with Crippen LogP contribution in [0.2, 0.25) is 0 Å². The predicted molar refractivity (Wildman–Crippen MR) is 129 cm³/mol. The summed E-state index contributed by atoms with van der Waals surface area (Å²) in [5, 5.41) is 0. The summed E-state index contributed by atoms with van der Waals surface area (Å²) in [4.78, 5) is 16.2. The Morgan fingerprint density at radius 2 is 1.67 bits per heavy atom. The lowest BCUT2D eigenvalue weighted by atomic mass is 9.68. The standard InChI is InChI=1S/C25H41N3O.ClH/c1-19(17-24(26)29)18-27-13-15-28(16-14-27)23-8-6-5-7-22(23)20-9-11-21(12-10-20)25(2,3)4;/h5-8,19-21H,9-18H2,1-4H3,(H2,26,29);1H. The van der Waals surface area contributed by atoms with Gasteiger partial charge in [-0.05, 0) is 60.5 Å². The molecule has 1 aromatic rings. The van der Waals surface area contributed by atoms with Gasteiger partial charge in [-0.25, -0.2) is 0 Å². The first-order valence-electron chi connectivity index (χ1n) is 11.6. The summed E-state index contributed by atoms with van der Waals surface area (Å²) in [5.74, 6) is 1.71. The van der Waals surface area contributed by atoms with Gasteiger partial charge in [-0.3, -0.25) is 9.69 Å². The van der Waals surface area contributed by atoms with Crippen LogP contribution in [0.15, 0.2) is 24.3 Å². The molecule has 4 nitrogen and oxygen atoms in total. The largest absolute Gasteiger partial charge is 0.370 e. The summed E-state index contributed by atoms with van der Waals surface area (Å²) < 4.78 is 0.